The van der Waals surface area contributed by atoms with Crippen LogP contribution in [-0.2, 0) is 9.59 Å². The molecule has 1 heterocycles. The lowest BCUT2D eigenvalue weighted by atomic mass is 10.1. The van der Waals surface area contributed by atoms with E-state index < -0.39 is 17.7 Å². The lowest BCUT2D eigenvalue weighted by Gasteiger charge is -2.30. The number of rotatable bonds is 3. The van der Waals surface area contributed by atoms with E-state index in [4.69, 9.17) is 12.2 Å². The summed E-state index contributed by atoms with van der Waals surface area (Å²) in [6, 6.07) is 14.8. The fraction of sp³-hybridized carbons (Fsp3) is 0.158. The number of amides is 2. The van der Waals surface area contributed by atoms with Gasteiger partial charge in [-0.15, -0.1) is 0 Å². The van der Waals surface area contributed by atoms with Crippen molar-refractivity contribution in [3.8, 4) is 0 Å². The van der Waals surface area contributed by atoms with E-state index in [2.05, 4.69) is 10.3 Å². The van der Waals surface area contributed by atoms with E-state index in [1.165, 1.54) is 11.1 Å². The largest absolute Gasteiger partial charge is 0.301 e. The number of aliphatic imine (C=N–C) groups is 1. The Morgan fingerprint density at radius 1 is 1.12 bits per heavy atom. The van der Waals surface area contributed by atoms with E-state index in [0.717, 1.165) is 16.8 Å². The summed E-state index contributed by atoms with van der Waals surface area (Å²) in [6.45, 7) is 3.94. The summed E-state index contributed by atoms with van der Waals surface area (Å²) in [5.41, 5.74) is 3.45. The molecule has 2 aromatic rings. The van der Waals surface area contributed by atoms with Gasteiger partial charge in [-0.3, -0.25) is 19.5 Å². The molecule has 5 nitrogen and oxygen atoms in total. The molecule has 1 saturated heterocycles. The molecule has 0 radical (unpaired) electrons. The van der Waals surface area contributed by atoms with E-state index in [0.29, 0.717) is 5.69 Å². The van der Waals surface area contributed by atoms with Crippen LogP contribution in [0.4, 0.5) is 11.4 Å². The smallest absolute Gasteiger partial charge is 0.251 e. The molecule has 1 aliphatic rings. The molecule has 0 bridgehead atoms. The molecule has 25 heavy (non-hydrogen) atoms. The van der Waals surface area contributed by atoms with Gasteiger partial charge in [0.2, 0.25) is 5.91 Å². The van der Waals surface area contributed by atoms with Crippen LogP contribution >= 0.6 is 12.2 Å². The monoisotopic (exact) mass is 351 g/mol. The minimum atomic E-state index is -1.02. The molecule has 0 aromatic heterocycles. The predicted octanol–water partition coefficient (Wildman–Crippen LogP) is 3.07. The van der Waals surface area contributed by atoms with Crippen molar-refractivity contribution < 1.29 is 9.59 Å². The predicted molar refractivity (Wildman–Crippen MR) is 102 cm³/mol. The van der Waals surface area contributed by atoms with Crippen LogP contribution in [0.25, 0.3) is 0 Å². The second-order valence-corrected chi connectivity index (χ2v) is 6.24. The number of hydrogen-bond acceptors (Lipinski definition) is 4. The summed E-state index contributed by atoms with van der Waals surface area (Å²) < 4.78 is 0. The first kappa shape index (κ1) is 17.0. The number of aryl methyl sites for hydroxylation is 2. The third-order valence-electron chi connectivity index (χ3n) is 3.93. The van der Waals surface area contributed by atoms with Gasteiger partial charge < -0.3 is 5.32 Å². The standard InChI is InChI=1S/C19H17N3O2S/c1-12-8-9-16(13(2)10-12)20-11-15-17(23)21-19(25)22(18(15)24)14-6-4-3-5-7-14/h3-11,15H,1-2H3,(H,21,23,25)/t15-/m0/s1. The van der Waals surface area contributed by atoms with Crippen molar-refractivity contribution in [3.63, 3.8) is 0 Å². The van der Waals surface area contributed by atoms with Crippen LogP contribution in [0.15, 0.2) is 53.5 Å². The lowest BCUT2D eigenvalue weighted by molar-refractivity contribution is -0.130. The second kappa shape index (κ2) is 6.94. The van der Waals surface area contributed by atoms with Gasteiger partial charge in [0, 0.05) is 6.21 Å². The first-order valence-electron chi connectivity index (χ1n) is 7.82. The third kappa shape index (κ3) is 3.49. The molecule has 0 aliphatic carbocycles. The molecule has 0 saturated carbocycles. The van der Waals surface area contributed by atoms with Gasteiger partial charge in [0.25, 0.3) is 5.91 Å². The van der Waals surface area contributed by atoms with Crippen LogP contribution in [-0.4, -0.2) is 23.1 Å². The Balaban J connectivity index is 1.90. The molecule has 1 fully saturated rings. The zero-order valence-electron chi connectivity index (χ0n) is 13.9. The summed E-state index contributed by atoms with van der Waals surface area (Å²) in [4.78, 5) is 30.7. The number of carbonyl (C=O) groups is 2. The molecular weight excluding hydrogens is 334 g/mol. The normalized spacial score (nSPS) is 17.9. The fourth-order valence-corrected chi connectivity index (χ4v) is 2.94. The lowest BCUT2D eigenvalue weighted by Crippen LogP contribution is -2.58. The van der Waals surface area contributed by atoms with E-state index in [-0.39, 0.29) is 5.11 Å². The van der Waals surface area contributed by atoms with Gasteiger partial charge in [-0.1, -0.05) is 35.9 Å². The Bertz CT molecular complexity index is 877. The van der Waals surface area contributed by atoms with Gasteiger partial charge in [-0.2, -0.15) is 0 Å². The summed E-state index contributed by atoms with van der Waals surface area (Å²) in [6.07, 6.45) is 1.38. The molecule has 0 unspecified atom stereocenters. The van der Waals surface area contributed by atoms with E-state index in [1.54, 1.807) is 24.3 Å². The highest BCUT2D eigenvalue weighted by Gasteiger charge is 2.38. The van der Waals surface area contributed by atoms with E-state index in [1.807, 2.05) is 38.1 Å². The van der Waals surface area contributed by atoms with Crippen LogP contribution in [0.5, 0.6) is 0 Å². The van der Waals surface area contributed by atoms with E-state index >= 15 is 0 Å². The zero-order valence-corrected chi connectivity index (χ0v) is 14.7. The summed E-state index contributed by atoms with van der Waals surface area (Å²) in [7, 11) is 0. The second-order valence-electron chi connectivity index (χ2n) is 5.85. The molecular formula is C19H17N3O2S. The molecule has 1 N–H and O–H groups in total. The van der Waals surface area contributed by atoms with Gasteiger partial charge in [-0.25, -0.2) is 0 Å². The van der Waals surface area contributed by atoms with Gasteiger partial charge in [0.05, 0.1) is 11.4 Å². The van der Waals surface area contributed by atoms with Crippen molar-refractivity contribution in [1.29, 1.82) is 0 Å². The number of thiocarbonyl (C=S) groups is 1. The number of anilines is 1. The van der Waals surface area contributed by atoms with Crippen molar-refractivity contribution in [1.82, 2.24) is 5.32 Å². The summed E-state index contributed by atoms with van der Waals surface area (Å²) in [5.74, 6) is -1.89. The molecule has 6 heteroatoms. The van der Waals surface area contributed by atoms with Crippen LogP contribution in [0, 0.1) is 19.8 Å². The molecule has 1 atom stereocenters. The van der Waals surface area contributed by atoms with Crippen LogP contribution in [0.3, 0.4) is 0 Å². The minimum absolute atomic E-state index is 0.0809. The molecule has 126 valence electrons. The number of benzene rings is 2. The minimum Gasteiger partial charge on any atom is -0.301 e. The number of nitrogens with zero attached hydrogens (tertiary/aromatic N) is 2. The Morgan fingerprint density at radius 2 is 1.84 bits per heavy atom. The number of carbonyl (C=O) groups excluding carboxylic acids is 2. The van der Waals surface area contributed by atoms with Crippen LogP contribution in [0.2, 0.25) is 0 Å². The maximum Gasteiger partial charge on any atom is 0.251 e. The van der Waals surface area contributed by atoms with Crippen molar-refractivity contribution in [2.45, 2.75) is 13.8 Å². The number of para-hydroxylation sites is 1. The molecule has 2 amide bonds. The number of nitrogens with one attached hydrogen (secondary N) is 1. The Labute approximate surface area is 151 Å². The maximum atomic E-state index is 12.8. The average molecular weight is 351 g/mol. The SMILES string of the molecule is Cc1ccc(N=C[C@H]2C(=O)NC(=S)N(c3ccccc3)C2=O)c(C)c1. The first-order valence-corrected chi connectivity index (χ1v) is 8.23. The highest BCUT2D eigenvalue weighted by Crippen LogP contribution is 2.22. The van der Waals surface area contributed by atoms with E-state index in [9.17, 15) is 9.59 Å². The quantitative estimate of drug-likeness (QED) is 0.525. The highest BCUT2D eigenvalue weighted by atomic mass is 32.1. The maximum absolute atomic E-state index is 12.8. The summed E-state index contributed by atoms with van der Waals surface area (Å²) >= 11 is 5.16. The van der Waals surface area contributed by atoms with Gasteiger partial charge in [-0.05, 0) is 49.8 Å². The topological polar surface area (TPSA) is 61.8 Å². The fourth-order valence-electron chi connectivity index (χ4n) is 2.65. The average Bonchev–Trinajstić information content (AvgIpc) is 2.57. The van der Waals surface area contributed by atoms with Gasteiger partial charge >= 0.3 is 0 Å². The zero-order chi connectivity index (χ0) is 18.0. The molecule has 3 rings (SSSR count). The van der Waals surface area contributed by atoms with Crippen molar-refractivity contribution >= 4 is 46.7 Å². The highest BCUT2D eigenvalue weighted by molar-refractivity contribution is 7.80. The Hall–Kier alpha value is -2.86. The Morgan fingerprint density at radius 3 is 2.52 bits per heavy atom. The van der Waals surface area contributed by atoms with Crippen molar-refractivity contribution in [3.05, 3.63) is 59.7 Å². The third-order valence-corrected chi connectivity index (χ3v) is 4.22. The molecule has 0 spiro atoms. The van der Waals surface area contributed by atoms with Gasteiger partial charge in [0.15, 0.2) is 11.0 Å². The molecule has 2 aromatic carbocycles. The van der Waals surface area contributed by atoms with Crippen LogP contribution < -0.4 is 10.2 Å². The Kier molecular flexibility index (Phi) is 4.72. The number of hydrogen-bond donors (Lipinski definition) is 1. The van der Waals surface area contributed by atoms with Gasteiger partial charge in [0.1, 0.15) is 0 Å². The molecule has 1 aliphatic heterocycles. The summed E-state index contributed by atoms with van der Waals surface area (Å²) in [5, 5.41) is 2.66. The van der Waals surface area contributed by atoms with Crippen molar-refractivity contribution in [2.75, 3.05) is 4.90 Å². The van der Waals surface area contributed by atoms with Crippen LogP contribution in [0.1, 0.15) is 11.1 Å². The van der Waals surface area contributed by atoms with Crippen molar-refractivity contribution in [2.24, 2.45) is 10.9 Å². The first-order chi connectivity index (χ1) is 12.0.